The molecule has 0 heterocycles. The van der Waals surface area contributed by atoms with E-state index in [-0.39, 0.29) is 0 Å². The molecule has 15 heteroatoms. The molecule has 0 saturated heterocycles. The van der Waals surface area contributed by atoms with Crippen molar-refractivity contribution in [1.82, 2.24) is 0 Å². The molecule has 4 aromatic carbocycles. The van der Waals surface area contributed by atoms with Gasteiger partial charge in [0.25, 0.3) is 0 Å². The molecule has 0 aliphatic rings. The molecule has 0 aliphatic heterocycles. The quantitative estimate of drug-likeness (QED) is 0.0926. The molecule has 0 aromatic heterocycles. The predicted molar refractivity (Wildman–Crippen MR) is 222 cm³/mol. The standard InChI is InChI=1S/C42H54N6O9/c1-40(2,3)55-37(49)46(31-13-19-34(52-10)20-14-31)43-28-25-29(44-47(38(50)56-41(4,5)6)32-15-21-35(53-11)22-16-32)27-30(26-28)45-48(39(51)57-42(7,8)9)33-17-23-36(54-12)24-18-33/h13-27,43-45H,1-12H3. The Balaban J connectivity index is 1.88. The van der Waals surface area contributed by atoms with Gasteiger partial charge in [0.2, 0.25) is 0 Å². The summed E-state index contributed by atoms with van der Waals surface area (Å²) in [5.74, 6) is 1.76. The zero-order valence-corrected chi connectivity index (χ0v) is 34.7. The van der Waals surface area contributed by atoms with Crippen LogP contribution in [0.2, 0.25) is 0 Å². The molecular formula is C42H54N6O9. The fourth-order valence-electron chi connectivity index (χ4n) is 4.97. The number of methoxy groups -OCH3 is 3. The molecule has 0 unspecified atom stereocenters. The Kier molecular flexibility index (Phi) is 13.6. The first kappa shape index (κ1) is 43.2. The van der Waals surface area contributed by atoms with Crippen LogP contribution in [0.5, 0.6) is 17.2 Å². The van der Waals surface area contributed by atoms with Crippen molar-refractivity contribution in [1.29, 1.82) is 0 Å². The van der Waals surface area contributed by atoms with E-state index in [2.05, 4.69) is 16.3 Å². The van der Waals surface area contributed by atoms with Gasteiger partial charge in [-0.15, -0.1) is 0 Å². The van der Waals surface area contributed by atoms with E-state index in [0.29, 0.717) is 51.4 Å². The number of amides is 3. The van der Waals surface area contributed by atoms with Gasteiger partial charge in [-0.05, 0) is 153 Å². The summed E-state index contributed by atoms with van der Waals surface area (Å²) in [6.07, 6.45) is -2.12. The zero-order chi connectivity index (χ0) is 42.1. The van der Waals surface area contributed by atoms with Crippen molar-refractivity contribution >= 4 is 52.4 Å². The SMILES string of the molecule is COc1ccc(N(Nc2cc(NN(C(=O)OC(C)(C)C)c3ccc(OC)cc3)cc(NN(C(=O)OC(C)(C)C)c3ccc(OC)cc3)c2)C(=O)OC(C)(C)C)cc1. The molecule has 0 atom stereocenters. The van der Waals surface area contributed by atoms with E-state index in [1.807, 2.05) is 0 Å². The van der Waals surface area contributed by atoms with Crippen LogP contribution >= 0.6 is 0 Å². The Labute approximate surface area is 334 Å². The second kappa shape index (κ2) is 18.0. The molecule has 0 saturated carbocycles. The molecule has 4 aromatic rings. The summed E-state index contributed by atoms with van der Waals surface area (Å²) in [5, 5.41) is 3.70. The third-order valence-electron chi connectivity index (χ3n) is 7.38. The van der Waals surface area contributed by atoms with E-state index in [1.54, 1.807) is 175 Å². The van der Waals surface area contributed by atoms with Crippen LogP contribution in [0.1, 0.15) is 62.3 Å². The van der Waals surface area contributed by atoms with Gasteiger partial charge in [0.15, 0.2) is 0 Å². The lowest BCUT2D eigenvalue weighted by molar-refractivity contribution is 0.0578. The largest absolute Gasteiger partial charge is 0.497 e. The highest BCUT2D eigenvalue weighted by Gasteiger charge is 2.28. The Hall–Kier alpha value is -6.51. The van der Waals surface area contributed by atoms with Gasteiger partial charge in [-0.1, -0.05) is 0 Å². The minimum atomic E-state index is -0.835. The Morgan fingerprint density at radius 3 is 0.789 bits per heavy atom. The van der Waals surface area contributed by atoms with Gasteiger partial charge >= 0.3 is 18.3 Å². The van der Waals surface area contributed by atoms with Crippen molar-refractivity contribution < 1.29 is 42.8 Å². The molecule has 3 amide bonds. The van der Waals surface area contributed by atoms with Crippen LogP contribution in [0.3, 0.4) is 0 Å². The first-order chi connectivity index (χ1) is 26.7. The van der Waals surface area contributed by atoms with Gasteiger partial charge in [0, 0.05) is 0 Å². The number of nitrogens with one attached hydrogen (secondary N) is 3. The molecule has 0 aliphatic carbocycles. The van der Waals surface area contributed by atoms with Crippen LogP contribution in [-0.4, -0.2) is 56.4 Å². The van der Waals surface area contributed by atoms with Crippen molar-refractivity contribution in [2.45, 2.75) is 79.1 Å². The van der Waals surface area contributed by atoms with Crippen LogP contribution in [0.25, 0.3) is 0 Å². The number of hydrogen-bond donors (Lipinski definition) is 3. The van der Waals surface area contributed by atoms with Crippen molar-refractivity contribution in [2.24, 2.45) is 0 Å². The molecule has 0 fully saturated rings. The summed E-state index contributed by atoms with van der Waals surface area (Å²) in [6, 6.07) is 25.4. The number of hydrazine groups is 3. The average molecular weight is 787 g/mol. The molecule has 0 spiro atoms. The van der Waals surface area contributed by atoms with Gasteiger partial charge < -0.3 is 28.4 Å². The van der Waals surface area contributed by atoms with Crippen molar-refractivity contribution in [3.8, 4) is 17.2 Å². The normalized spacial score (nSPS) is 11.4. The maximum atomic E-state index is 13.8. The fraction of sp³-hybridized carbons (Fsp3) is 0.357. The maximum Gasteiger partial charge on any atom is 0.433 e. The molecule has 0 bridgehead atoms. The van der Waals surface area contributed by atoms with Crippen molar-refractivity contribution in [2.75, 3.05) is 52.6 Å². The van der Waals surface area contributed by atoms with Crippen LogP contribution in [0, 0.1) is 0 Å². The molecule has 57 heavy (non-hydrogen) atoms. The smallest absolute Gasteiger partial charge is 0.433 e. The summed E-state index contributed by atoms with van der Waals surface area (Å²) >= 11 is 0. The Morgan fingerprint density at radius 1 is 0.404 bits per heavy atom. The monoisotopic (exact) mass is 786 g/mol. The minimum Gasteiger partial charge on any atom is -0.497 e. The van der Waals surface area contributed by atoms with E-state index in [9.17, 15) is 14.4 Å². The maximum absolute atomic E-state index is 13.8. The number of hydrogen-bond acceptors (Lipinski definition) is 12. The van der Waals surface area contributed by atoms with Crippen LogP contribution < -0.4 is 45.5 Å². The first-order valence-electron chi connectivity index (χ1n) is 18.1. The second-order valence-corrected chi connectivity index (χ2v) is 15.7. The molecule has 0 radical (unpaired) electrons. The summed E-state index contributed by atoms with van der Waals surface area (Å²) in [6.45, 7) is 15.9. The Morgan fingerprint density at radius 2 is 0.614 bits per heavy atom. The van der Waals surface area contributed by atoms with Crippen LogP contribution in [0.4, 0.5) is 48.5 Å². The van der Waals surface area contributed by atoms with Crippen molar-refractivity contribution in [3.05, 3.63) is 91.0 Å². The molecule has 3 N–H and O–H groups in total. The number of ether oxygens (including phenoxy) is 6. The Bertz CT molecular complexity index is 1730. The summed E-state index contributed by atoms with van der Waals surface area (Å²) in [5.41, 5.74) is 9.28. The number of carbonyl (C=O) groups is 3. The highest BCUT2D eigenvalue weighted by Crippen LogP contribution is 2.31. The fourth-order valence-corrected chi connectivity index (χ4v) is 4.97. The highest BCUT2D eigenvalue weighted by molar-refractivity contribution is 5.94. The average Bonchev–Trinajstić information content (AvgIpc) is 3.13. The molecular weight excluding hydrogens is 732 g/mol. The van der Waals surface area contributed by atoms with Crippen LogP contribution in [0.15, 0.2) is 91.0 Å². The molecule has 4 rings (SSSR count). The van der Waals surface area contributed by atoms with Gasteiger partial charge in [0.05, 0.1) is 55.5 Å². The molecule has 15 nitrogen and oxygen atoms in total. The number of benzene rings is 4. The van der Waals surface area contributed by atoms with E-state index < -0.39 is 35.1 Å². The number of anilines is 6. The number of nitrogens with zero attached hydrogens (tertiary/aromatic N) is 3. The van der Waals surface area contributed by atoms with Gasteiger partial charge in [-0.3, -0.25) is 16.3 Å². The summed E-state index contributed by atoms with van der Waals surface area (Å²) in [7, 11) is 4.64. The van der Waals surface area contributed by atoms with E-state index in [0.717, 1.165) is 0 Å². The van der Waals surface area contributed by atoms with Gasteiger partial charge in [0.1, 0.15) is 34.1 Å². The van der Waals surface area contributed by atoms with Crippen LogP contribution in [-0.2, 0) is 14.2 Å². The highest BCUT2D eigenvalue weighted by atomic mass is 16.6. The third-order valence-corrected chi connectivity index (χ3v) is 7.38. The van der Waals surface area contributed by atoms with E-state index in [1.165, 1.54) is 15.0 Å². The topological polar surface area (TPSA) is 152 Å². The number of carbonyl (C=O) groups excluding carboxylic acids is 3. The van der Waals surface area contributed by atoms with E-state index >= 15 is 0 Å². The first-order valence-corrected chi connectivity index (χ1v) is 18.1. The zero-order valence-electron chi connectivity index (χ0n) is 34.7. The van der Waals surface area contributed by atoms with Gasteiger partial charge in [-0.2, -0.15) is 15.0 Å². The predicted octanol–water partition coefficient (Wildman–Crippen LogP) is 10.0. The summed E-state index contributed by atoms with van der Waals surface area (Å²) in [4.78, 5) is 41.3. The van der Waals surface area contributed by atoms with E-state index in [4.69, 9.17) is 28.4 Å². The summed E-state index contributed by atoms with van der Waals surface area (Å²) < 4.78 is 33.4. The van der Waals surface area contributed by atoms with Gasteiger partial charge in [-0.25, -0.2) is 14.4 Å². The number of rotatable bonds is 12. The second-order valence-electron chi connectivity index (χ2n) is 15.7. The lowest BCUT2D eigenvalue weighted by atomic mass is 10.2. The van der Waals surface area contributed by atoms with Crippen molar-refractivity contribution in [3.63, 3.8) is 0 Å². The molecule has 306 valence electrons. The minimum absolute atomic E-state index is 0.335. The lowest BCUT2D eigenvalue weighted by Gasteiger charge is -2.31. The lowest BCUT2D eigenvalue weighted by Crippen LogP contribution is -2.42. The third kappa shape index (κ3) is 13.0.